The Morgan fingerprint density at radius 3 is 2.47 bits per heavy atom. The lowest BCUT2D eigenvalue weighted by Gasteiger charge is -2.31. The van der Waals surface area contributed by atoms with Crippen LogP contribution in [0.5, 0.6) is 0 Å². The van der Waals surface area contributed by atoms with Gasteiger partial charge in [0.25, 0.3) is 5.69 Å². The van der Waals surface area contributed by atoms with Crippen molar-refractivity contribution in [3.05, 3.63) is 64.2 Å². The number of nitro benzene ring substituents is 1. The fourth-order valence-electron chi connectivity index (χ4n) is 4.44. The van der Waals surface area contributed by atoms with Gasteiger partial charge in [-0.05, 0) is 62.5 Å². The number of nitro groups is 1. The lowest BCUT2D eigenvalue weighted by Crippen LogP contribution is -2.42. The van der Waals surface area contributed by atoms with Crippen LogP contribution >= 0.6 is 12.2 Å². The first kappa shape index (κ1) is 23.7. The van der Waals surface area contributed by atoms with Crippen LogP contribution in [0.3, 0.4) is 0 Å². The van der Waals surface area contributed by atoms with Crippen LogP contribution in [0.4, 0.5) is 22.9 Å². The van der Waals surface area contributed by atoms with Gasteiger partial charge in [-0.3, -0.25) is 10.1 Å². The number of rotatable bonds is 6. The van der Waals surface area contributed by atoms with Crippen molar-refractivity contribution in [3.63, 3.8) is 0 Å². The van der Waals surface area contributed by atoms with E-state index in [-0.39, 0.29) is 5.69 Å². The second kappa shape index (κ2) is 10.2. The van der Waals surface area contributed by atoms with Crippen LogP contribution in [0.2, 0.25) is 0 Å². The summed E-state index contributed by atoms with van der Waals surface area (Å²) >= 11 is 5.49. The highest BCUT2D eigenvalue weighted by atomic mass is 32.1. The quantitative estimate of drug-likeness (QED) is 0.252. The molecule has 0 radical (unpaired) electrons. The fourth-order valence-corrected chi connectivity index (χ4v) is 4.71. The Kier molecular flexibility index (Phi) is 7.12. The zero-order chi connectivity index (χ0) is 24.2. The molecule has 2 aromatic carbocycles. The van der Waals surface area contributed by atoms with Crippen molar-refractivity contribution in [3.8, 4) is 0 Å². The molecule has 0 aliphatic heterocycles. The van der Waals surface area contributed by atoms with E-state index in [9.17, 15) is 10.1 Å². The summed E-state index contributed by atoms with van der Waals surface area (Å²) in [5.74, 6) is 0.907. The van der Waals surface area contributed by atoms with Crippen LogP contribution in [0.15, 0.2) is 48.5 Å². The van der Waals surface area contributed by atoms with Gasteiger partial charge in [-0.15, -0.1) is 0 Å². The van der Waals surface area contributed by atoms with Gasteiger partial charge in [0, 0.05) is 61.1 Å². The summed E-state index contributed by atoms with van der Waals surface area (Å²) in [6, 6.07) is 15.7. The molecule has 1 saturated carbocycles. The van der Waals surface area contributed by atoms with E-state index in [1.54, 1.807) is 12.1 Å². The molecule has 0 bridgehead atoms. The second-order valence-corrected chi connectivity index (χ2v) is 9.39. The largest absolute Gasteiger partial charge is 0.377 e. The Morgan fingerprint density at radius 2 is 1.79 bits per heavy atom. The minimum absolute atomic E-state index is 0.0753. The van der Waals surface area contributed by atoms with Crippen molar-refractivity contribution in [2.24, 2.45) is 0 Å². The molecule has 1 aromatic heterocycles. The van der Waals surface area contributed by atoms with Crippen molar-refractivity contribution in [1.29, 1.82) is 0 Å². The highest BCUT2D eigenvalue weighted by molar-refractivity contribution is 7.80. The number of fused-ring (bicyclic) bond motifs is 1. The molecule has 9 heteroatoms. The number of benzene rings is 2. The molecule has 1 fully saturated rings. The standard InChI is InChI=1S/C25H30N6O2S/c1-16-14-19(31(32)33)12-13-21(16)29-25(34)27-18-10-8-17(9-11-18)26-24-15-23(30(2)3)20-6-4-5-7-22(20)28-24/h4-7,12-15,17-18H,8-11H2,1-3H3,(H,26,28)(H2,27,29,34). The van der Waals surface area contributed by atoms with Crippen LogP contribution in [-0.4, -0.2) is 41.2 Å². The topological polar surface area (TPSA) is 95.4 Å². The van der Waals surface area contributed by atoms with E-state index in [1.165, 1.54) is 6.07 Å². The molecule has 178 valence electrons. The number of nitrogens with one attached hydrogen (secondary N) is 3. The smallest absolute Gasteiger partial charge is 0.269 e. The molecule has 0 spiro atoms. The van der Waals surface area contributed by atoms with Crippen molar-refractivity contribution < 1.29 is 4.92 Å². The maximum absolute atomic E-state index is 10.9. The summed E-state index contributed by atoms with van der Waals surface area (Å²) in [4.78, 5) is 17.5. The average Bonchev–Trinajstić information content (AvgIpc) is 2.81. The van der Waals surface area contributed by atoms with E-state index in [0.29, 0.717) is 17.2 Å². The van der Waals surface area contributed by atoms with Crippen LogP contribution in [-0.2, 0) is 0 Å². The molecule has 34 heavy (non-hydrogen) atoms. The van der Waals surface area contributed by atoms with Crippen LogP contribution in [0, 0.1) is 17.0 Å². The number of pyridine rings is 1. The Balaban J connectivity index is 1.32. The normalized spacial score (nSPS) is 17.7. The van der Waals surface area contributed by atoms with Gasteiger partial charge in [-0.1, -0.05) is 18.2 Å². The molecule has 0 atom stereocenters. The van der Waals surface area contributed by atoms with Gasteiger partial charge in [-0.25, -0.2) is 4.98 Å². The SMILES string of the molecule is Cc1cc([N+](=O)[O-])ccc1NC(=S)NC1CCC(Nc2cc(N(C)C)c3ccccc3n2)CC1. The van der Waals surface area contributed by atoms with Gasteiger partial charge in [-0.2, -0.15) is 0 Å². The van der Waals surface area contributed by atoms with Crippen molar-refractivity contribution in [2.45, 2.75) is 44.7 Å². The summed E-state index contributed by atoms with van der Waals surface area (Å²) in [6.45, 7) is 1.83. The Labute approximate surface area is 204 Å². The third-order valence-corrected chi connectivity index (χ3v) is 6.48. The number of nitrogens with zero attached hydrogens (tertiary/aromatic N) is 3. The molecule has 0 saturated heterocycles. The van der Waals surface area contributed by atoms with E-state index in [1.807, 2.05) is 19.1 Å². The second-order valence-electron chi connectivity index (χ2n) is 8.99. The third-order valence-electron chi connectivity index (χ3n) is 6.26. The first-order valence-corrected chi connectivity index (χ1v) is 11.9. The molecular weight excluding hydrogens is 448 g/mol. The predicted octanol–water partition coefficient (Wildman–Crippen LogP) is 5.23. The molecular formula is C25H30N6O2S. The molecule has 3 aromatic rings. The summed E-state index contributed by atoms with van der Waals surface area (Å²) in [7, 11) is 4.11. The average molecular weight is 479 g/mol. The molecule has 1 aliphatic carbocycles. The maximum atomic E-state index is 10.9. The number of hydrogen-bond acceptors (Lipinski definition) is 6. The summed E-state index contributed by atoms with van der Waals surface area (Å²) < 4.78 is 0. The number of anilines is 3. The van der Waals surface area contributed by atoms with Crippen LogP contribution in [0.25, 0.3) is 10.9 Å². The van der Waals surface area contributed by atoms with Crippen molar-refractivity contribution >= 4 is 51.1 Å². The zero-order valence-electron chi connectivity index (χ0n) is 19.7. The highest BCUT2D eigenvalue weighted by Crippen LogP contribution is 2.29. The van der Waals surface area contributed by atoms with E-state index in [4.69, 9.17) is 17.2 Å². The lowest BCUT2D eigenvalue weighted by molar-refractivity contribution is -0.384. The van der Waals surface area contributed by atoms with Gasteiger partial charge in [0.05, 0.1) is 10.4 Å². The highest BCUT2D eigenvalue weighted by Gasteiger charge is 2.22. The Morgan fingerprint density at radius 1 is 1.09 bits per heavy atom. The lowest BCUT2D eigenvalue weighted by atomic mass is 9.91. The van der Waals surface area contributed by atoms with E-state index in [0.717, 1.165) is 59.3 Å². The minimum Gasteiger partial charge on any atom is -0.377 e. The molecule has 8 nitrogen and oxygen atoms in total. The predicted molar refractivity (Wildman–Crippen MR) is 143 cm³/mol. The number of aryl methyl sites for hydroxylation is 1. The van der Waals surface area contributed by atoms with Crippen LogP contribution < -0.4 is 20.9 Å². The summed E-state index contributed by atoms with van der Waals surface area (Å²) in [6.07, 6.45) is 4.02. The van der Waals surface area contributed by atoms with Gasteiger partial charge >= 0.3 is 0 Å². The van der Waals surface area contributed by atoms with Gasteiger partial charge in [0.2, 0.25) is 0 Å². The van der Waals surface area contributed by atoms with E-state index >= 15 is 0 Å². The number of para-hydroxylation sites is 1. The van der Waals surface area contributed by atoms with Gasteiger partial charge in [0.15, 0.2) is 5.11 Å². The zero-order valence-corrected chi connectivity index (χ0v) is 20.5. The fraction of sp³-hybridized carbons (Fsp3) is 0.360. The third kappa shape index (κ3) is 5.53. The van der Waals surface area contributed by atoms with E-state index < -0.39 is 4.92 Å². The Bertz CT molecular complexity index is 1210. The van der Waals surface area contributed by atoms with Gasteiger partial charge in [0.1, 0.15) is 5.82 Å². The molecule has 1 aliphatic rings. The summed E-state index contributed by atoms with van der Waals surface area (Å²) in [5, 5.41) is 22.8. The molecule has 0 amide bonds. The van der Waals surface area contributed by atoms with Crippen LogP contribution in [0.1, 0.15) is 31.2 Å². The Hall–Kier alpha value is -3.46. The maximum Gasteiger partial charge on any atom is 0.269 e. The molecule has 0 unspecified atom stereocenters. The summed E-state index contributed by atoms with van der Waals surface area (Å²) in [5.41, 5.74) is 3.78. The van der Waals surface area contributed by atoms with Gasteiger partial charge < -0.3 is 20.9 Å². The molecule has 4 rings (SSSR count). The number of thiocarbonyl (C=S) groups is 1. The molecule has 1 heterocycles. The minimum atomic E-state index is -0.394. The monoisotopic (exact) mass is 478 g/mol. The number of non-ortho nitro benzene ring substituents is 1. The molecule has 3 N–H and O–H groups in total. The number of hydrogen-bond donors (Lipinski definition) is 3. The first-order chi connectivity index (χ1) is 16.3. The first-order valence-electron chi connectivity index (χ1n) is 11.5. The van der Waals surface area contributed by atoms with E-state index in [2.05, 4.69) is 53.1 Å². The van der Waals surface area contributed by atoms with Crippen molar-refractivity contribution in [2.75, 3.05) is 29.6 Å². The number of aromatic nitrogens is 1. The van der Waals surface area contributed by atoms with Crippen molar-refractivity contribution in [1.82, 2.24) is 10.3 Å².